The van der Waals surface area contributed by atoms with Gasteiger partial charge in [-0.3, -0.25) is 14.4 Å². The standard InChI is InChI=1S/C46H65N5O6/c1-28-38-22-35(46(38,3)4)23-39(28)48-45(55)42-41(29(2)53)40(27-52)57-51(42)25-32-16-13-17-37(43(32)56-9)33-18-31(24-49(5)6)19-34(21-33)44(54)47-36(26-50(7)8)20-30-14-11-10-12-15-30/h10-19,21,28-29,35-36,38-42,52-53H,20,22-27H2,1-9H3,(H,47,54)(H,48,55)/t28-,29-,35+,36-,38+,39-,40-,41+,42-/m0/s1. The fourth-order valence-electron chi connectivity index (χ4n) is 10.0. The van der Waals surface area contributed by atoms with E-state index in [-0.39, 0.29) is 42.5 Å². The third-order valence-corrected chi connectivity index (χ3v) is 13.0. The topological polar surface area (TPSA) is 127 Å². The molecule has 1 heterocycles. The molecular formula is C46H65N5O6. The van der Waals surface area contributed by atoms with E-state index in [0.29, 0.717) is 48.6 Å². The maximum atomic E-state index is 14.3. The highest BCUT2D eigenvalue weighted by Gasteiger charge is 2.57. The number of nitrogens with one attached hydrogen (secondary N) is 2. The fourth-order valence-corrected chi connectivity index (χ4v) is 10.0. The number of likely N-dealkylation sites (N-methyl/N-ethyl adjacent to an activating group) is 1. The number of aliphatic hydroxyl groups is 2. The summed E-state index contributed by atoms with van der Waals surface area (Å²) in [5.74, 6) is 1.05. The van der Waals surface area contributed by atoms with Gasteiger partial charge in [0.2, 0.25) is 5.91 Å². The predicted molar refractivity (Wildman–Crippen MR) is 223 cm³/mol. The van der Waals surface area contributed by atoms with Gasteiger partial charge in [0.1, 0.15) is 17.9 Å². The van der Waals surface area contributed by atoms with Gasteiger partial charge in [-0.05, 0) is 112 Å². The summed E-state index contributed by atoms with van der Waals surface area (Å²) < 4.78 is 6.13. The average Bonchev–Trinajstić information content (AvgIpc) is 3.53. The normalized spacial score (nSPS) is 26.5. The van der Waals surface area contributed by atoms with Gasteiger partial charge in [-0.15, -0.1) is 0 Å². The lowest BCUT2D eigenvalue weighted by atomic mass is 9.45. The molecule has 3 aromatic rings. The Kier molecular flexibility index (Phi) is 13.5. The van der Waals surface area contributed by atoms with E-state index in [1.165, 1.54) is 6.42 Å². The number of aliphatic hydroxyl groups excluding tert-OH is 2. The van der Waals surface area contributed by atoms with Crippen molar-refractivity contribution in [3.05, 3.63) is 89.0 Å². The van der Waals surface area contributed by atoms with Crippen LogP contribution in [0.25, 0.3) is 11.1 Å². The minimum absolute atomic E-state index is 0.0363. The monoisotopic (exact) mass is 783 g/mol. The zero-order valence-electron chi connectivity index (χ0n) is 35.4. The first-order valence-corrected chi connectivity index (χ1v) is 20.6. The summed E-state index contributed by atoms with van der Waals surface area (Å²) in [4.78, 5) is 38.9. The number of nitrogens with zero attached hydrogens (tertiary/aromatic N) is 3. The lowest BCUT2D eigenvalue weighted by Crippen LogP contribution is -2.62. The number of para-hydroxylation sites is 1. The number of amides is 2. The van der Waals surface area contributed by atoms with Crippen molar-refractivity contribution in [3.63, 3.8) is 0 Å². The van der Waals surface area contributed by atoms with Gasteiger partial charge in [-0.1, -0.05) is 69.3 Å². The van der Waals surface area contributed by atoms with Crippen LogP contribution >= 0.6 is 0 Å². The van der Waals surface area contributed by atoms with Crippen molar-refractivity contribution < 1.29 is 29.4 Å². The minimum Gasteiger partial charge on any atom is -0.496 e. The molecule has 4 N–H and O–H groups in total. The van der Waals surface area contributed by atoms with Crippen molar-refractivity contribution in [2.45, 2.75) is 90.4 Å². The molecule has 4 aliphatic rings. The molecule has 310 valence electrons. The summed E-state index contributed by atoms with van der Waals surface area (Å²) in [7, 11) is 9.64. The molecule has 7 rings (SSSR count). The molecule has 2 bridgehead atoms. The Balaban J connectivity index is 1.29. The number of hydroxylamine groups is 2. The van der Waals surface area contributed by atoms with E-state index in [9.17, 15) is 19.8 Å². The number of ether oxygens (including phenoxy) is 1. The summed E-state index contributed by atoms with van der Waals surface area (Å²) in [6, 6.07) is 21.1. The van der Waals surface area contributed by atoms with Crippen molar-refractivity contribution in [1.29, 1.82) is 0 Å². The molecular weight excluding hydrogens is 719 g/mol. The highest BCUT2D eigenvalue weighted by atomic mass is 16.7. The largest absolute Gasteiger partial charge is 0.496 e. The van der Waals surface area contributed by atoms with Crippen LogP contribution in [0.1, 0.15) is 67.6 Å². The van der Waals surface area contributed by atoms with Crippen molar-refractivity contribution in [2.75, 3.05) is 48.5 Å². The third-order valence-electron chi connectivity index (χ3n) is 13.0. The zero-order chi connectivity index (χ0) is 41.2. The van der Waals surface area contributed by atoms with Crippen LogP contribution in [0.15, 0.2) is 66.7 Å². The predicted octanol–water partition coefficient (Wildman–Crippen LogP) is 4.99. The first-order chi connectivity index (χ1) is 27.1. The van der Waals surface area contributed by atoms with E-state index in [4.69, 9.17) is 9.57 Å². The van der Waals surface area contributed by atoms with Gasteiger partial charge in [-0.25, -0.2) is 0 Å². The molecule has 57 heavy (non-hydrogen) atoms. The molecule has 3 aliphatic carbocycles. The van der Waals surface area contributed by atoms with Gasteiger partial charge in [0.15, 0.2) is 0 Å². The van der Waals surface area contributed by atoms with E-state index in [0.717, 1.165) is 34.2 Å². The van der Waals surface area contributed by atoms with E-state index in [1.807, 2.05) is 76.7 Å². The van der Waals surface area contributed by atoms with E-state index in [1.54, 1.807) is 19.1 Å². The average molecular weight is 784 g/mol. The van der Waals surface area contributed by atoms with Gasteiger partial charge < -0.3 is 35.4 Å². The molecule has 1 saturated heterocycles. The van der Waals surface area contributed by atoms with Crippen LogP contribution in [0.3, 0.4) is 0 Å². The van der Waals surface area contributed by atoms with Crippen molar-refractivity contribution in [3.8, 4) is 16.9 Å². The molecule has 0 unspecified atom stereocenters. The molecule has 11 nitrogen and oxygen atoms in total. The summed E-state index contributed by atoms with van der Waals surface area (Å²) in [5, 5.41) is 29.7. The molecule has 0 radical (unpaired) electrons. The van der Waals surface area contributed by atoms with Crippen LogP contribution in [-0.2, 0) is 29.1 Å². The second-order valence-electron chi connectivity index (χ2n) is 18.0. The molecule has 1 aliphatic heterocycles. The number of rotatable bonds is 16. The summed E-state index contributed by atoms with van der Waals surface area (Å²) in [6.07, 6.45) is 1.18. The van der Waals surface area contributed by atoms with Crippen molar-refractivity contribution >= 4 is 11.8 Å². The second-order valence-corrected chi connectivity index (χ2v) is 18.0. The van der Waals surface area contributed by atoms with Crippen molar-refractivity contribution in [1.82, 2.24) is 25.5 Å². The molecule has 2 amide bonds. The molecule has 0 spiro atoms. The molecule has 0 aromatic heterocycles. The first-order valence-electron chi connectivity index (χ1n) is 20.6. The Hall–Kier alpha value is -3.84. The van der Waals surface area contributed by atoms with Crippen LogP contribution in [0.2, 0.25) is 0 Å². The number of carbonyl (C=O) groups excluding carboxylic acids is 2. The SMILES string of the molecule is COc1c(CN2O[C@@H](CO)[C@@H]([C@H](C)O)[C@H]2C(=O)N[C@H]2C[C@H]3C[C@H]([C@@H]2C)C3(C)C)cccc1-c1cc(CN(C)C)cc(C(=O)N[C@@H](Cc2ccccc2)CN(C)C)c1. The van der Waals surface area contributed by atoms with Crippen LogP contribution in [-0.4, -0.2) is 116 Å². The number of hydrogen-bond donors (Lipinski definition) is 4. The quantitative estimate of drug-likeness (QED) is 0.159. The lowest BCUT2D eigenvalue weighted by Gasteiger charge is -2.62. The van der Waals surface area contributed by atoms with Gasteiger partial charge in [0.25, 0.3) is 5.91 Å². The van der Waals surface area contributed by atoms with Crippen molar-refractivity contribution in [2.24, 2.45) is 29.1 Å². The number of benzene rings is 3. The van der Waals surface area contributed by atoms with Gasteiger partial charge >= 0.3 is 0 Å². The molecule has 3 saturated carbocycles. The smallest absolute Gasteiger partial charge is 0.251 e. The maximum Gasteiger partial charge on any atom is 0.251 e. The van der Waals surface area contributed by atoms with E-state index >= 15 is 0 Å². The minimum atomic E-state index is -0.902. The number of hydrogen-bond acceptors (Lipinski definition) is 9. The van der Waals surface area contributed by atoms with Crippen LogP contribution in [0.4, 0.5) is 0 Å². The maximum absolute atomic E-state index is 14.3. The molecule has 3 aromatic carbocycles. The van der Waals surface area contributed by atoms with E-state index < -0.39 is 24.2 Å². The highest BCUT2D eigenvalue weighted by molar-refractivity contribution is 5.96. The highest BCUT2D eigenvalue weighted by Crippen LogP contribution is 2.61. The molecule has 4 fully saturated rings. The van der Waals surface area contributed by atoms with E-state index in [2.05, 4.69) is 59.4 Å². The summed E-state index contributed by atoms with van der Waals surface area (Å²) in [5.41, 5.74) is 5.35. The van der Waals surface area contributed by atoms with Gasteiger partial charge in [0.05, 0.1) is 26.4 Å². The second kappa shape index (κ2) is 18.0. The Bertz CT molecular complexity index is 1850. The third kappa shape index (κ3) is 9.40. The molecule has 9 atom stereocenters. The number of fused-ring (bicyclic) bond motifs is 2. The summed E-state index contributed by atoms with van der Waals surface area (Å²) in [6.45, 7) is 9.72. The Morgan fingerprint density at radius 2 is 1.74 bits per heavy atom. The first kappa shape index (κ1) is 42.8. The van der Waals surface area contributed by atoms with Gasteiger partial charge in [-0.2, -0.15) is 5.06 Å². The zero-order valence-corrected chi connectivity index (χ0v) is 35.4. The van der Waals surface area contributed by atoms with Crippen LogP contribution in [0.5, 0.6) is 5.75 Å². The number of methoxy groups -OCH3 is 1. The van der Waals surface area contributed by atoms with Crippen LogP contribution < -0.4 is 15.4 Å². The number of carbonyl (C=O) groups is 2. The Morgan fingerprint density at radius 3 is 2.35 bits per heavy atom. The summed E-state index contributed by atoms with van der Waals surface area (Å²) >= 11 is 0. The molecule has 11 heteroatoms. The van der Waals surface area contributed by atoms with Crippen LogP contribution in [0, 0.1) is 29.1 Å². The fraction of sp³-hybridized carbons (Fsp3) is 0.565. The Morgan fingerprint density at radius 1 is 1.00 bits per heavy atom. The van der Waals surface area contributed by atoms with Gasteiger partial charge in [0, 0.05) is 47.8 Å². The lowest BCUT2D eigenvalue weighted by molar-refractivity contribution is -0.183. The Labute approximate surface area is 339 Å².